The highest BCUT2D eigenvalue weighted by Gasteiger charge is 2.13. The molecule has 0 aliphatic heterocycles. The second kappa shape index (κ2) is 4.59. The fourth-order valence-corrected chi connectivity index (χ4v) is 1.92. The molecule has 1 aromatic heterocycles. The van der Waals surface area contributed by atoms with Gasteiger partial charge in [-0.15, -0.1) is 0 Å². The van der Waals surface area contributed by atoms with Crippen molar-refractivity contribution in [1.82, 2.24) is 9.97 Å². The van der Waals surface area contributed by atoms with Crippen LogP contribution >= 0.6 is 0 Å². The number of aromatic amines is 1. The van der Waals surface area contributed by atoms with Gasteiger partial charge in [0.1, 0.15) is 11.6 Å². The zero-order valence-electron chi connectivity index (χ0n) is 10.4. The number of benzene rings is 1. The lowest BCUT2D eigenvalue weighted by atomic mass is 10.1. The summed E-state index contributed by atoms with van der Waals surface area (Å²) in [5.41, 5.74) is 9.69. The smallest absolute Gasteiger partial charge is 0.128 e. The Bertz CT molecular complexity index is 531. The topological polar surface area (TPSA) is 63.9 Å². The number of nitrogens with two attached hydrogens (primary N) is 1. The Morgan fingerprint density at radius 1 is 1.35 bits per heavy atom. The van der Waals surface area contributed by atoms with Gasteiger partial charge >= 0.3 is 0 Å². The summed E-state index contributed by atoms with van der Waals surface area (Å²) in [6.07, 6.45) is 0. The third kappa shape index (κ3) is 2.17. The average Bonchev–Trinajstić information content (AvgIpc) is 2.70. The van der Waals surface area contributed by atoms with Gasteiger partial charge in [-0.3, -0.25) is 0 Å². The van der Waals surface area contributed by atoms with Crippen molar-refractivity contribution < 1.29 is 4.74 Å². The minimum Gasteiger partial charge on any atom is -0.496 e. The van der Waals surface area contributed by atoms with Gasteiger partial charge in [0.25, 0.3) is 0 Å². The molecule has 0 spiro atoms. The Balaban J connectivity index is 2.61. The summed E-state index contributed by atoms with van der Waals surface area (Å²) in [5.74, 6) is 1.68. The van der Waals surface area contributed by atoms with Crippen molar-refractivity contribution in [2.45, 2.75) is 20.4 Å². The Kier molecular flexibility index (Phi) is 3.15. The summed E-state index contributed by atoms with van der Waals surface area (Å²) in [6, 6.07) is 6.03. The number of aromatic nitrogens is 2. The summed E-state index contributed by atoms with van der Waals surface area (Å²) in [7, 11) is 1.66. The van der Waals surface area contributed by atoms with Crippen molar-refractivity contribution in [3.63, 3.8) is 0 Å². The molecule has 3 N–H and O–H groups in total. The second-order valence-electron chi connectivity index (χ2n) is 4.06. The zero-order valence-corrected chi connectivity index (χ0v) is 10.4. The molecule has 0 radical (unpaired) electrons. The molecule has 1 heterocycles. The van der Waals surface area contributed by atoms with Crippen LogP contribution in [0.3, 0.4) is 0 Å². The third-order valence-corrected chi connectivity index (χ3v) is 2.71. The van der Waals surface area contributed by atoms with Gasteiger partial charge in [-0.05, 0) is 26.0 Å². The van der Waals surface area contributed by atoms with Gasteiger partial charge in [-0.1, -0.05) is 11.6 Å². The van der Waals surface area contributed by atoms with Crippen LogP contribution in [0.5, 0.6) is 5.75 Å². The van der Waals surface area contributed by atoms with Crippen LogP contribution in [0.2, 0.25) is 0 Å². The van der Waals surface area contributed by atoms with E-state index in [9.17, 15) is 0 Å². The van der Waals surface area contributed by atoms with E-state index in [4.69, 9.17) is 10.5 Å². The van der Waals surface area contributed by atoms with Crippen molar-refractivity contribution in [3.8, 4) is 17.0 Å². The van der Waals surface area contributed by atoms with Crippen LogP contribution in [-0.2, 0) is 6.54 Å². The first-order chi connectivity index (χ1) is 8.15. The Morgan fingerprint density at radius 2 is 2.12 bits per heavy atom. The molecule has 2 rings (SSSR count). The van der Waals surface area contributed by atoms with E-state index < -0.39 is 0 Å². The zero-order chi connectivity index (χ0) is 12.4. The molecule has 0 fully saturated rings. The molecule has 0 atom stereocenters. The van der Waals surface area contributed by atoms with Crippen molar-refractivity contribution >= 4 is 0 Å². The molecule has 0 amide bonds. The van der Waals surface area contributed by atoms with E-state index >= 15 is 0 Å². The molecule has 90 valence electrons. The highest BCUT2D eigenvalue weighted by atomic mass is 16.5. The maximum Gasteiger partial charge on any atom is 0.128 e. The molecule has 0 unspecified atom stereocenters. The Morgan fingerprint density at radius 3 is 2.76 bits per heavy atom. The van der Waals surface area contributed by atoms with Gasteiger partial charge in [-0.2, -0.15) is 0 Å². The first-order valence-corrected chi connectivity index (χ1v) is 5.56. The quantitative estimate of drug-likeness (QED) is 0.850. The van der Waals surface area contributed by atoms with Crippen LogP contribution in [0, 0.1) is 13.8 Å². The van der Waals surface area contributed by atoms with Crippen LogP contribution in [-0.4, -0.2) is 17.1 Å². The minimum absolute atomic E-state index is 0.438. The van der Waals surface area contributed by atoms with Crippen LogP contribution in [0.4, 0.5) is 0 Å². The number of imidazole rings is 1. The number of H-pyrrole nitrogens is 1. The fourth-order valence-electron chi connectivity index (χ4n) is 1.92. The summed E-state index contributed by atoms with van der Waals surface area (Å²) in [4.78, 5) is 7.66. The summed E-state index contributed by atoms with van der Waals surface area (Å²) < 4.78 is 5.37. The Labute approximate surface area is 101 Å². The van der Waals surface area contributed by atoms with E-state index in [-0.39, 0.29) is 0 Å². The summed E-state index contributed by atoms with van der Waals surface area (Å²) >= 11 is 0. The third-order valence-electron chi connectivity index (χ3n) is 2.71. The van der Waals surface area contributed by atoms with Gasteiger partial charge in [0, 0.05) is 12.1 Å². The highest BCUT2D eigenvalue weighted by molar-refractivity contribution is 5.70. The van der Waals surface area contributed by atoms with Gasteiger partial charge in [-0.25, -0.2) is 4.98 Å². The molecule has 2 aromatic rings. The lowest BCUT2D eigenvalue weighted by Gasteiger charge is -2.08. The lowest BCUT2D eigenvalue weighted by molar-refractivity contribution is 0.416. The molecule has 0 aliphatic carbocycles. The number of nitrogens with one attached hydrogen (secondary N) is 1. The highest BCUT2D eigenvalue weighted by Crippen LogP contribution is 2.31. The van der Waals surface area contributed by atoms with E-state index in [1.807, 2.05) is 26.0 Å². The number of hydrogen-bond donors (Lipinski definition) is 2. The predicted octanol–water partition coefficient (Wildman–Crippen LogP) is 2.16. The van der Waals surface area contributed by atoms with E-state index in [2.05, 4.69) is 16.0 Å². The van der Waals surface area contributed by atoms with E-state index in [1.165, 1.54) is 5.56 Å². The molecular formula is C13H17N3O. The van der Waals surface area contributed by atoms with Crippen LogP contribution in [0.15, 0.2) is 18.2 Å². The minimum atomic E-state index is 0.438. The van der Waals surface area contributed by atoms with Crippen LogP contribution in [0.1, 0.15) is 17.1 Å². The number of nitrogens with zero attached hydrogens (tertiary/aromatic N) is 1. The van der Waals surface area contributed by atoms with Crippen LogP contribution < -0.4 is 10.5 Å². The fraction of sp³-hybridized carbons (Fsp3) is 0.308. The maximum absolute atomic E-state index is 5.72. The average molecular weight is 231 g/mol. The first kappa shape index (κ1) is 11.7. The van der Waals surface area contributed by atoms with Crippen LogP contribution in [0.25, 0.3) is 11.3 Å². The van der Waals surface area contributed by atoms with Gasteiger partial charge in [0.2, 0.25) is 0 Å². The van der Waals surface area contributed by atoms with Crippen molar-refractivity contribution in [1.29, 1.82) is 0 Å². The molecular weight excluding hydrogens is 214 g/mol. The number of ether oxygens (including phenoxy) is 1. The largest absolute Gasteiger partial charge is 0.496 e. The molecule has 0 aliphatic rings. The summed E-state index contributed by atoms with van der Waals surface area (Å²) in [5, 5.41) is 0. The standard InChI is InChI=1S/C13H17N3O/c1-8-4-5-12(17-3)10(6-8)13-11(7-14)15-9(2)16-13/h4-6H,7,14H2,1-3H3,(H,15,16). The van der Waals surface area contributed by atoms with E-state index in [0.29, 0.717) is 6.54 Å². The van der Waals surface area contributed by atoms with E-state index in [1.54, 1.807) is 7.11 Å². The molecule has 1 aromatic carbocycles. The van der Waals surface area contributed by atoms with E-state index in [0.717, 1.165) is 28.5 Å². The molecule has 0 saturated carbocycles. The molecule has 4 nitrogen and oxygen atoms in total. The number of aryl methyl sites for hydroxylation is 2. The lowest BCUT2D eigenvalue weighted by Crippen LogP contribution is -1.99. The van der Waals surface area contributed by atoms with Gasteiger partial charge in [0.15, 0.2) is 0 Å². The van der Waals surface area contributed by atoms with Crippen molar-refractivity contribution in [2.24, 2.45) is 5.73 Å². The van der Waals surface area contributed by atoms with Gasteiger partial charge < -0.3 is 15.5 Å². The SMILES string of the molecule is COc1ccc(C)cc1-c1nc(C)[nH]c1CN. The molecule has 17 heavy (non-hydrogen) atoms. The van der Waals surface area contributed by atoms with Gasteiger partial charge in [0.05, 0.1) is 18.5 Å². The molecule has 0 saturated heterocycles. The second-order valence-corrected chi connectivity index (χ2v) is 4.06. The van der Waals surface area contributed by atoms with Crippen molar-refractivity contribution in [3.05, 3.63) is 35.3 Å². The maximum atomic E-state index is 5.72. The first-order valence-electron chi connectivity index (χ1n) is 5.56. The predicted molar refractivity (Wildman–Crippen MR) is 67.9 cm³/mol. The number of rotatable bonds is 3. The van der Waals surface area contributed by atoms with Crippen molar-refractivity contribution in [2.75, 3.05) is 7.11 Å². The normalized spacial score (nSPS) is 10.6. The molecule has 0 bridgehead atoms. The number of hydrogen-bond acceptors (Lipinski definition) is 3. The number of methoxy groups -OCH3 is 1. The summed E-state index contributed by atoms with van der Waals surface area (Å²) in [6.45, 7) is 4.41. The monoisotopic (exact) mass is 231 g/mol. The Hall–Kier alpha value is -1.81. The molecule has 4 heteroatoms.